The van der Waals surface area contributed by atoms with Crippen molar-refractivity contribution in [3.8, 4) is 0 Å². The van der Waals surface area contributed by atoms with Gasteiger partial charge in [0.05, 0.1) is 11.9 Å². The highest BCUT2D eigenvalue weighted by Gasteiger charge is 2.42. The van der Waals surface area contributed by atoms with Gasteiger partial charge in [-0.05, 0) is 50.3 Å². The van der Waals surface area contributed by atoms with Crippen molar-refractivity contribution in [3.05, 3.63) is 83.6 Å². The van der Waals surface area contributed by atoms with E-state index in [4.69, 9.17) is 9.40 Å². The molecule has 146 valence electrons. The third kappa shape index (κ3) is 2.40. The van der Waals surface area contributed by atoms with E-state index < -0.39 is 0 Å². The number of rotatable bonds is 2. The molecule has 0 fully saturated rings. The molecule has 0 N–H and O–H groups in total. The van der Waals surface area contributed by atoms with Crippen molar-refractivity contribution in [2.24, 2.45) is 0 Å². The van der Waals surface area contributed by atoms with Gasteiger partial charge in [-0.3, -0.25) is 0 Å². The summed E-state index contributed by atoms with van der Waals surface area (Å²) in [5, 5.41) is 2.29. The number of hydrogen-bond donors (Lipinski definition) is 0. The lowest BCUT2D eigenvalue weighted by molar-refractivity contribution is 0.571. The largest absolute Gasteiger partial charge is 0.457 e. The Balaban J connectivity index is 1.51. The van der Waals surface area contributed by atoms with Crippen LogP contribution in [0, 0.1) is 0 Å². The Bertz CT molecular complexity index is 1370. The van der Waals surface area contributed by atoms with Crippen LogP contribution in [0.5, 0.6) is 0 Å². The van der Waals surface area contributed by atoms with Crippen molar-refractivity contribution in [2.45, 2.75) is 13.1 Å². The quantitative estimate of drug-likeness (QED) is 0.489. The zero-order chi connectivity index (χ0) is 20.2. The third-order valence-corrected chi connectivity index (χ3v) is 6.08. The summed E-state index contributed by atoms with van der Waals surface area (Å²) in [5.41, 5.74) is 4.11. The van der Waals surface area contributed by atoms with Crippen LogP contribution in [0.3, 0.4) is 0 Å². The molecule has 2 aliphatic rings. The van der Waals surface area contributed by atoms with E-state index in [1.807, 2.05) is 30.5 Å². The summed E-state index contributed by atoms with van der Waals surface area (Å²) in [4.78, 5) is 11.7. The third-order valence-electron chi connectivity index (χ3n) is 6.08. The van der Waals surface area contributed by atoms with E-state index in [2.05, 4.69) is 83.1 Å². The molecule has 4 aromatic rings. The van der Waals surface area contributed by atoms with Crippen molar-refractivity contribution >= 4 is 47.3 Å². The van der Waals surface area contributed by atoms with Gasteiger partial charge in [-0.15, -0.1) is 0 Å². The van der Waals surface area contributed by atoms with Crippen LogP contribution in [0.15, 0.2) is 77.3 Å². The van der Waals surface area contributed by atoms with Crippen molar-refractivity contribution < 1.29 is 4.42 Å². The number of anilines is 3. The monoisotopic (exact) mass is 392 g/mol. The lowest BCUT2D eigenvalue weighted by Gasteiger charge is -2.36. The minimum absolute atomic E-state index is 0.0183. The minimum atomic E-state index is 0.0183. The molecule has 0 saturated heterocycles. The maximum atomic E-state index is 6.19. The lowest BCUT2D eigenvalue weighted by atomic mass is 9.69. The number of fused-ring (bicyclic) bond motifs is 4. The van der Waals surface area contributed by atoms with Gasteiger partial charge in [0.15, 0.2) is 5.82 Å². The SMILES string of the molecule is C[C@@H]1N(B2C=c3oc4ccccc4c3=CN2C)c2cccnc2N1c1ccccc1. The molecule has 2 aromatic heterocycles. The number of aromatic nitrogens is 1. The lowest BCUT2D eigenvalue weighted by Crippen LogP contribution is -2.56. The van der Waals surface area contributed by atoms with Crippen molar-refractivity contribution in [3.63, 3.8) is 0 Å². The van der Waals surface area contributed by atoms with Gasteiger partial charge in [-0.2, -0.15) is 0 Å². The Kier molecular flexibility index (Phi) is 3.69. The highest BCUT2D eigenvalue weighted by atomic mass is 16.3. The normalized spacial score (nSPS) is 17.6. The van der Waals surface area contributed by atoms with E-state index in [-0.39, 0.29) is 13.1 Å². The Morgan fingerprint density at radius 1 is 0.967 bits per heavy atom. The number of furan rings is 1. The summed E-state index contributed by atoms with van der Waals surface area (Å²) < 4.78 is 6.19. The van der Waals surface area contributed by atoms with E-state index in [0.29, 0.717) is 0 Å². The number of nitrogens with zero attached hydrogens (tertiary/aromatic N) is 4. The van der Waals surface area contributed by atoms with Gasteiger partial charge in [0, 0.05) is 28.7 Å². The molecular formula is C24H21BN4O. The standard InChI is InChI=1S/C24H21BN4O/c1-17-28(18-9-4-3-5-10-18)24-21(12-8-14-26-24)29(17)25-15-23-20(16-27(25)2)19-11-6-7-13-22(19)30-23/h3-17H,1-2H3/t17-/m0/s1. The molecule has 0 amide bonds. The van der Waals surface area contributed by atoms with Gasteiger partial charge in [-0.25, -0.2) is 4.98 Å². The van der Waals surface area contributed by atoms with Crippen LogP contribution in [-0.2, 0) is 0 Å². The first-order valence-corrected chi connectivity index (χ1v) is 10.2. The molecule has 0 saturated carbocycles. The second kappa shape index (κ2) is 6.42. The maximum absolute atomic E-state index is 6.19. The van der Waals surface area contributed by atoms with Crippen LogP contribution in [-0.4, -0.2) is 30.0 Å². The van der Waals surface area contributed by atoms with E-state index in [9.17, 15) is 0 Å². The van der Waals surface area contributed by atoms with Gasteiger partial charge in [-0.1, -0.05) is 36.4 Å². The number of benzene rings is 2. The molecule has 4 heterocycles. The summed E-state index contributed by atoms with van der Waals surface area (Å²) in [6.07, 6.45) is 4.16. The molecule has 0 aliphatic carbocycles. The molecule has 6 heteroatoms. The van der Waals surface area contributed by atoms with Crippen LogP contribution in [0.25, 0.3) is 23.1 Å². The molecule has 1 atom stereocenters. The Morgan fingerprint density at radius 3 is 2.63 bits per heavy atom. The zero-order valence-electron chi connectivity index (χ0n) is 16.9. The van der Waals surface area contributed by atoms with E-state index >= 15 is 0 Å². The van der Waals surface area contributed by atoms with Gasteiger partial charge in [0.2, 0.25) is 0 Å². The molecule has 0 bridgehead atoms. The Labute approximate surface area is 175 Å². The highest BCUT2D eigenvalue weighted by Crippen LogP contribution is 2.43. The molecule has 5 nitrogen and oxygen atoms in total. The highest BCUT2D eigenvalue weighted by molar-refractivity contribution is 6.75. The van der Waals surface area contributed by atoms with Crippen LogP contribution < -0.4 is 20.3 Å². The van der Waals surface area contributed by atoms with Gasteiger partial charge in [0.25, 0.3) is 0 Å². The predicted molar refractivity (Wildman–Crippen MR) is 123 cm³/mol. The summed E-state index contributed by atoms with van der Waals surface area (Å²) in [6.45, 7) is 2.24. The topological polar surface area (TPSA) is 35.8 Å². The number of para-hydroxylation sites is 2. The number of hydrogen-bond acceptors (Lipinski definition) is 5. The molecule has 6 rings (SSSR count). The smallest absolute Gasteiger partial charge is 0.408 e. The molecular weight excluding hydrogens is 371 g/mol. The molecule has 0 radical (unpaired) electrons. The molecule has 0 unspecified atom stereocenters. The fourth-order valence-corrected chi connectivity index (χ4v) is 4.72. The van der Waals surface area contributed by atoms with Crippen LogP contribution >= 0.6 is 0 Å². The predicted octanol–water partition coefficient (Wildman–Crippen LogP) is 3.32. The average molecular weight is 392 g/mol. The molecule has 0 spiro atoms. The van der Waals surface area contributed by atoms with Crippen LogP contribution in [0.1, 0.15) is 6.92 Å². The Hall–Kier alpha value is -3.67. The summed E-state index contributed by atoms with van der Waals surface area (Å²) >= 11 is 0. The summed E-state index contributed by atoms with van der Waals surface area (Å²) in [6, 6.07) is 22.8. The van der Waals surface area contributed by atoms with Gasteiger partial charge < -0.3 is 18.9 Å². The summed E-state index contributed by atoms with van der Waals surface area (Å²) in [7, 11) is 2.12. The first-order valence-electron chi connectivity index (χ1n) is 10.2. The van der Waals surface area contributed by atoms with Gasteiger partial charge in [0.1, 0.15) is 11.0 Å². The zero-order valence-corrected chi connectivity index (χ0v) is 16.9. The first-order chi connectivity index (χ1) is 14.7. The van der Waals surface area contributed by atoms with E-state index in [1.54, 1.807) is 0 Å². The second-order valence-corrected chi connectivity index (χ2v) is 7.84. The van der Waals surface area contributed by atoms with Crippen molar-refractivity contribution in [1.82, 2.24) is 9.79 Å². The minimum Gasteiger partial charge on any atom is -0.457 e. The van der Waals surface area contributed by atoms with E-state index in [0.717, 1.165) is 38.8 Å². The average Bonchev–Trinajstić information content (AvgIpc) is 3.28. The Morgan fingerprint density at radius 2 is 1.77 bits per heavy atom. The first kappa shape index (κ1) is 17.2. The summed E-state index contributed by atoms with van der Waals surface area (Å²) in [5.74, 6) is 3.20. The van der Waals surface area contributed by atoms with Crippen LogP contribution in [0.2, 0.25) is 0 Å². The molecule has 2 aliphatic heterocycles. The van der Waals surface area contributed by atoms with Crippen molar-refractivity contribution in [1.29, 1.82) is 0 Å². The van der Waals surface area contributed by atoms with Crippen molar-refractivity contribution in [2.75, 3.05) is 16.8 Å². The maximum Gasteiger partial charge on any atom is 0.408 e. The fraction of sp³-hybridized carbons (Fsp3) is 0.125. The molecule has 2 aromatic carbocycles. The number of pyridine rings is 1. The van der Waals surface area contributed by atoms with E-state index in [1.165, 1.54) is 0 Å². The van der Waals surface area contributed by atoms with Crippen LogP contribution in [0.4, 0.5) is 17.2 Å². The molecule has 30 heavy (non-hydrogen) atoms. The fourth-order valence-electron chi connectivity index (χ4n) is 4.72. The second-order valence-electron chi connectivity index (χ2n) is 7.84. The van der Waals surface area contributed by atoms with Gasteiger partial charge >= 0.3 is 6.98 Å².